The first kappa shape index (κ1) is 19.4. The average molecular weight is 387 g/mol. The number of hydrogen-bond acceptors (Lipinski definition) is 4. The molecule has 1 heterocycles. The molecule has 144 valence electrons. The van der Waals surface area contributed by atoms with Crippen LogP contribution in [0.25, 0.3) is 22.3 Å². The molecule has 0 aliphatic carbocycles. The molecular formula is C21H16F3NO3. The van der Waals surface area contributed by atoms with Gasteiger partial charge in [-0.05, 0) is 24.6 Å². The lowest BCUT2D eigenvalue weighted by Crippen LogP contribution is -2.02. The van der Waals surface area contributed by atoms with Crippen molar-refractivity contribution in [1.82, 2.24) is 4.98 Å². The number of carbonyl (C=O) groups excluding carboxylic acids is 1. The third kappa shape index (κ3) is 3.43. The fourth-order valence-corrected chi connectivity index (χ4v) is 3.06. The van der Waals surface area contributed by atoms with E-state index in [2.05, 4.69) is 4.98 Å². The van der Waals surface area contributed by atoms with Gasteiger partial charge in [0.15, 0.2) is 6.29 Å². The molecule has 7 heteroatoms. The normalized spacial score (nSPS) is 10.6. The highest BCUT2D eigenvalue weighted by Crippen LogP contribution is 2.41. The lowest BCUT2D eigenvalue weighted by molar-refractivity contribution is 0.112. The minimum Gasteiger partial charge on any atom is -0.497 e. The standard InChI is InChI=1S/C21H16F3NO3/c1-11-19(21-17(23)6-14(22)7-18(21)24)20(13(10-26)9-25-11)12-4-15(27-2)8-16(5-12)28-3/h4-10H,1-3H3. The molecule has 0 radical (unpaired) electrons. The second-order valence-corrected chi connectivity index (χ2v) is 6.01. The van der Waals surface area contributed by atoms with Gasteiger partial charge in [0.05, 0.1) is 19.8 Å². The summed E-state index contributed by atoms with van der Waals surface area (Å²) in [6, 6.07) is 6.00. The molecule has 1 aromatic heterocycles. The van der Waals surface area contributed by atoms with Crippen LogP contribution in [0.15, 0.2) is 36.5 Å². The lowest BCUT2D eigenvalue weighted by Gasteiger charge is -2.17. The number of ether oxygens (including phenoxy) is 2. The van der Waals surface area contributed by atoms with Gasteiger partial charge in [-0.3, -0.25) is 9.78 Å². The lowest BCUT2D eigenvalue weighted by atomic mass is 9.90. The number of benzene rings is 2. The Labute approximate surface area is 159 Å². The van der Waals surface area contributed by atoms with Gasteiger partial charge in [0, 0.05) is 46.8 Å². The Balaban J connectivity index is 2.44. The van der Waals surface area contributed by atoms with Crippen LogP contribution in [0, 0.1) is 24.4 Å². The van der Waals surface area contributed by atoms with E-state index in [0.29, 0.717) is 35.5 Å². The number of methoxy groups -OCH3 is 2. The number of nitrogens with zero attached hydrogens (tertiary/aromatic N) is 1. The predicted molar refractivity (Wildman–Crippen MR) is 98.2 cm³/mol. The number of aryl methyl sites for hydroxylation is 1. The van der Waals surface area contributed by atoms with E-state index in [1.54, 1.807) is 25.1 Å². The van der Waals surface area contributed by atoms with E-state index in [1.807, 2.05) is 0 Å². The molecule has 0 saturated heterocycles. The number of hydrogen-bond donors (Lipinski definition) is 0. The van der Waals surface area contributed by atoms with E-state index >= 15 is 0 Å². The monoisotopic (exact) mass is 387 g/mol. The zero-order chi connectivity index (χ0) is 20.4. The van der Waals surface area contributed by atoms with Gasteiger partial charge in [0.2, 0.25) is 0 Å². The number of carbonyl (C=O) groups is 1. The molecule has 2 aromatic carbocycles. The highest BCUT2D eigenvalue weighted by Gasteiger charge is 2.23. The molecule has 0 aliphatic heterocycles. The van der Waals surface area contributed by atoms with Crippen LogP contribution in [-0.4, -0.2) is 25.5 Å². The maximum Gasteiger partial charge on any atom is 0.152 e. The van der Waals surface area contributed by atoms with Crippen molar-refractivity contribution < 1.29 is 27.4 Å². The van der Waals surface area contributed by atoms with Crippen LogP contribution in [0.4, 0.5) is 13.2 Å². The molecule has 0 spiro atoms. The summed E-state index contributed by atoms with van der Waals surface area (Å²) < 4.78 is 53.0. The summed E-state index contributed by atoms with van der Waals surface area (Å²) in [4.78, 5) is 15.8. The molecule has 0 amide bonds. The zero-order valence-corrected chi connectivity index (χ0v) is 15.3. The Morgan fingerprint density at radius 3 is 1.93 bits per heavy atom. The number of rotatable bonds is 5. The first-order valence-electron chi connectivity index (χ1n) is 8.22. The van der Waals surface area contributed by atoms with E-state index in [0.717, 1.165) is 0 Å². The third-order valence-corrected chi connectivity index (χ3v) is 4.32. The van der Waals surface area contributed by atoms with Crippen LogP contribution < -0.4 is 9.47 Å². The maximum absolute atomic E-state index is 14.6. The number of aromatic nitrogens is 1. The van der Waals surface area contributed by atoms with Crippen LogP contribution in [-0.2, 0) is 0 Å². The number of aldehydes is 1. The summed E-state index contributed by atoms with van der Waals surface area (Å²) in [6.45, 7) is 1.55. The van der Waals surface area contributed by atoms with Gasteiger partial charge in [-0.15, -0.1) is 0 Å². The van der Waals surface area contributed by atoms with Crippen molar-refractivity contribution in [1.29, 1.82) is 0 Å². The molecular weight excluding hydrogens is 371 g/mol. The largest absolute Gasteiger partial charge is 0.497 e. The first-order chi connectivity index (χ1) is 13.4. The van der Waals surface area contributed by atoms with Gasteiger partial charge in [0.1, 0.15) is 29.0 Å². The van der Waals surface area contributed by atoms with E-state index in [4.69, 9.17) is 9.47 Å². The van der Waals surface area contributed by atoms with Gasteiger partial charge < -0.3 is 9.47 Å². The van der Waals surface area contributed by atoms with Crippen molar-refractivity contribution in [3.63, 3.8) is 0 Å². The summed E-state index contributed by atoms with van der Waals surface area (Å²) in [5.41, 5.74) is 0.638. The number of halogens is 3. The number of pyridine rings is 1. The van der Waals surface area contributed by atoms with Crippen molar-refractivity contribution in [3.05, 3.63) is 65.2 Å². The Bertz CT molecular complexity index is 1020. The SMILES string of the molecule is COc1cc(OC)cc(-c2c(C=O)cnc(C)c2-c2c(F)cc(F)cc2F)c1. The highest BCUT2D eigenvalue weighted by molar-refractivity contribution is 5.97. The van der Waals surface area contributed by atoms with E-state index in [1.165, 1.54) is 20.4 Å². The maximum atomic E-state index is 14.6. The Hall–Kier alpha value is -3.35. The minimum absolute atomic E-state index is 0.0508. The predicted octanol–water partition coefficient (Wildman–Crippen LogP) is 4.97. The molecule has 0 bridgehead atoms. The highest BCUT2D eigenvalue weighted by atomic mass is 19.1. The molecule has 0 fully saturated rings. The fourth-order valence-electron chi connectivity index (χ4n) is 3.06. The van der Waals surface area contributed by atoms with Gasteiger partial charge in [-0.2, -0.15) is 0 Å². The van der Waals surface area contributed by atoms with Gasteiger partial charge in [-0.25, -0.2) is 13.2 Å². The quantitative estimate of drug-likeness (QED) is 0.580. The summed E-state index contributed by atoms with van der Waals surface area (Å²) in [7, 11) is 2.91. The van der Waals surface area contributed by atoms with Crippen molar-refractivity contribution in [2.24, 2.45) is 0 Å². The minimum atomic E-state index is -1.10. The Morgan fingerprint density at radius 1 is 0.857 bits per heavy atom. The summed E-state index contributed by atoms with van der Waals surface area (Å²) in [5, 5.41) is 0. The average Bonchev–Trinajstić information content (AvgIpc) is 2.67. The van der Waals surface area contributed by atoms with Crippen LogP contribution in [0.2, 0.25) is 0 Å². The summed E-state index contributed by atoms with van der Waals surface area (Å²) in [6.07, 6.45) is 1.85. The van der Waals surface area contributed by atoms with E-state index in [-0.39, 0.29) is 22.4 Å². The van der Waals surface area contributed by atoms with Gasteiger partial charge in [0.25, 0.3) is 0 Å². The second kappa shape index (κ2) is 7.72. The first-order valence-corrected chi connectivity index (χ1v) is 8.22. The van der Waals surface area contributed by atoms with Crippen LogP contribution in [0.1, 0.15) is 16.1 Å². The smallest absolute Gasteiger partial charge is 0.152 e. The van der Waals surface area contributed by atoms with Crippen LogP contribution >= 0.6 is 0 Å². The topological polar surface area (TPSA) is 48.4 Å². The molecule has 0 saturated carbocycles. The molecule has 0 unspecified atom stereocenters. The molecule has 3 rings (SSSR count). The molecule has 3 aromatic rings. The van der Waals surface area contributed by atoms with Crippen molar-refractivity contribution >= 4 is 6.29 Å². The second-order valence-electron chi connectivity index (χ2n) is 6.01. The van der Waals surface area contributed by atoms with Crippen molar-refractivity contribution in [3.8, 4) is 33.8 Å². The van der Waals surface area contributed by atoms with Gasteiger partial charge >= 0.3 is 0 Å². The van der Waals surface area contributed by atoms with Crippen LogP contribution in [0.3, 0.4) is 0 Å². The van der Waals surface area contributed by atoms with E-state index in [9.17, 15) is 18.0 Å². The van der Waals surface area contributed by atoms with Crippen molar-refractivity contribution in [2.75, 3.05) is 14.2 Å². The van der Waals surface area contributed by atoms with E-state index < -0.39 is 23.0 Å². The Kier molecular flexibility index (Phi) is 5.35. The third-order valence-electron chi connectivity index (χ3n) is 4.32. The zero-order valence-electron chi connectivity index (χ0n) is 15.3. The summed E-state index contributed by atoms with van der Waals surface area (Å²) >= 11 is 0. The summed E-state index contributed by atoms with van der Waals surface area (Å²) in [5.74, 6) is -2.39. The van der Waals surface area contributed by atoms with Gasteiger partial charge in [-0.1, -0.05) is 0 Å². The van der Waals surface area contributed by atoms with Crippen molar-refractivity contribution in [2.45, 2.75) is 6.92 Å². The molecule has 0 aliphatic rings. The molecule has 4 nitrogen and oxygen atoms in total. The van der Waals surface area contributed by atoms with Crippen LogP contribution in [0.5, 0.6) is 11.5 Å². The molecule has 0 atom stereocenters. The fraction of sp³-hybridized carbons (Fsp3) is 0.143. The molecule has 0 N–H and O–H groups in total. The molecule has 28 heavy (non-hydrogen) atoms. The Morgan fingerprint density at radius 2 is 1.43 bits per heavy atom.